The molecule has 25 heavy (non-hydrogen) atoms. The lowest BCUT2D eigenvalue weighted by atomic mass is 10.2. The van der Waals surface area contributed by atoms with Crippen LogP contribution in [0.25, 0.3) is 5.69 Å². The maximum atomic E-state index is 12.6. The van der Waals surface area contributed by atoms with Crippen LogP contribution in [0.15, 0.2) is 48.5 Å². The number of fused-ring (bicyclic) bond motifs is 1. The van der Waals surface area contributed by atoms with Gasteiger partial charge in [0.2, 0.25) is 6.79 Å². The van der Waals surface area contributed by atoms with Crippen LogP contribution in [0.3, 0.4) is 0 Å². The van der Waals surface area contributed by atoms with E-state index < -0.39 is 5.97 Å². The third-order valence-corrected chi connectivity index (χ3v) is 4.11. The first-order chi connectivity index (χ1) is 12.1. The van der Waals surface area contributed by atoms with Crippen LogP contribution in [-0.2, 0) is 0 Å². The molecule has 1 aliphatic rings. The van der Waals surface area contributed by atoms with Gasteiger partial charge in [0.1, 0.15) is 16.5 Å². The molecule has 1 aromatic heterocycles. The second kappa shape index (κ2) is 6.14. The number of halogens is 1. The normalized spacial score (nSPS) is 12.2. The second-order valence-electron chi connectivity index (χ2n) is 5.40. The summed E-state index contributed by atoms with van der Waals surface area (Å²) in [6.45, 7) is 1.86. The minimum Gasteiger partial charge on any atom is -0.454 e. The first-order valence-electron chi connectivity index (χ1n) is 7.56. The molecule has 6 nitrogen and oxygen atoms in total. The van der Waals surface area contributed by atoms with Gasteiger partial charge in [-0.3, -0.25) is 0 Å². The van der Waals surface area contributed by atoms with Crippen LogP contribution in [-0.4, -0.2) is 22.5 Å². The fraction of sp³-hybridized carbons (Fsp3) is 0.111. The minimum atomic E-state index is -0.580. The van der Waals surface area contributed by atoms with E-state index >= 15 is 0 Å². The molecule has 0 atom stereocenters. The lowest BCUT2D eigenvalue weighted by Gasteiger charge is -2.05. The lowest BCUT2D eigenvalue weighted by molar-refractivity contribution is 0.0734. The first-order valence-corrected chi connectivity index (χ1v) is 7.93. The number of aromatic nitrogens is 2. The van der Waals surface area contributed by atoms with E-state index in [1.807, 2.05) is 30.3 Å². The van der Waals surface area contributed by atoms with Crippen molar-refractivity contribution in [2.45, 2.75) is 6.92 Å². The van der Waals surface area contributed by atoms with E-state index in [0.717, 1.165) is 5.69 Å². The molecule has 2 aromatic carbocycles. The SMILES string of the molecule is Cc1nn(-c2ccccc2)c(Cl)c1C(=O)Oc1ccc2c(c1)OCO2. The van der Waals surface area contributed by atoms with Gasteiger partial charge in [-0.1, -0.05) is 29.8 Å². The standard InChI is InChI=1S/C18H13ClN2O4/c1-11-16(17(19)21(20-11)12-5-3-2-4-6-12)18(22)25-13-7-8-14-15(9-13)24-10-23-14/h2-9H,10H2,1H3. The van der Waals surface area contributed by atoms with Crippen LogP contribution in [0.2, 0.25) is 5.15 Å². The molecule has 0 spiro atoms. The summed E-state index contributed by atoms with van der Waals surface area (Å²) in [6.07, 6.45) is 0. The molecular weight excluding hydrogens is 344 g/mol. The van der Waals surface area contributed by atoms with Gasteiger partial charge in [-0.15, -0.1) is 0 Å². The number of carbonyl (C=O) groups excluding carboxylic acids is 1. The van der Waals surface area contributed by atoms with E-state index in [1.54, 1.807) is 25.1 Å². The molecule has 7 heteroatoms. The third kappa shape index (κ3) is 2.81. The summed E-state index contributed by atoms with van der Waals surface area (Å²) in [5.41, 5.74) is 1.47. The topological polar surface area (TPSA) is 62.6 Å². The summed E-state index contributed by atoms with van der Waals surface area (Å²) in [4.78, 5) is 12.6. The van der Waals surface area contributed by atoms with Gasteiger partial charge in [0.15, 0.2) is 11.5 Å². The highest BCUT2D eigenvalue weighted by Crippen LogP contribution is 2.35. The molecule has 0 amide bonds. The van der Waals surface area contributed by atoms with Gasteiger partial charge in [-0.05, 0) is 31.2 Å². The summed E-state index contributed by atoms with van der Waals surface area (Å²) in [7, 11) is 0. The summed E-state index contributed by atoms with van der Waals surface area (Å²) in [5.74, 6) is 0.916. The zero-order chi connectivity index (χ0) is 17.4. The van der Waals surface area contributed by atoms with Crippen LogP contribution in [0.5, 0.6) is 17.2 Å². The first kappa shape index (κ1) is 15.5. The Balaban J connectivity index is 1.63. The van der Waals surface area contributed by atoms with E-state index in [0.29, 0.717) is 22.9 Å². The quantitative estimate of drug-likeness (QED) is 0.528. The Bertz CT molecular complexity index is 953. The van der Waals surface area contributed by atoms with Gasteiger partial charge in [0, 0.05) is 6.07 Å². The van der Waals surface area contributed by atoms with Crippen molar-refractivity contribution < 1.29 is 19.0 Å². The third-order valence-electron chi connectivity index (χ3n) is 3.76. The Kier molecular flexibility index (Phi) is 3.82. The molecule has 1 aliphatic heterocycles. The van der Waals surface area contributed by atoms with E-state index in [4.69, 9.17) is 25.8 Å². The lowest BCUT2D eigenvalue weighted by Crippen LogP contribution is -2.10. The Morgan fingerprint density at radius 1 is 1.16 bits per heavy atom. The Morgan fingerprint density at radius 3 is 2.72 bits per heavy atom. The Morgan fingerprint density at radius 2 is 1.92 bits per heavy atom. The van der Waals surface area contributed by atoms with Crippen LogP contribution < -0.4 is 14.2 Å². The van der Waals surface area contributed by atoms with Crippen LogP contribution >= 0.6 is 11.6 Å². The predicted molar refractivity (Wildman–Crippen MR) is 90.8 cm³/mol. The van der Waals surface area contributed by atoms with Gasteiger partial charge >= 0.3 is 5.97 Å². The molecule has 0 aliphatic carbocycles. The van der Waals surface area contributed by atoms with Crippen LogP contribution in [0, 0.1) is 6.92 Å². The average molecular weight is 357 g/mol. The van der Waals surface area contributed by atoms with Crippen molar-refractivity contribution >= 4 is 17.6 Å². The minimum absolute atomic E-state index is 0.154. The van der Waals surface area contributed by atoms with Crippen molar-refractivity contribution in [3.05, 3.63) is 64.9 Å². The summed E-state index contributed by atoms with van der Waals surface area (Å²) in [5, 5.41) is 4.54. The highest BCUT2D eigenvalue weighted by atomic mass is 35.5. The number of carbonyl (C=O) groups is 1. The van der Waals surface area contributed by atoms with Gasteiger partial charge in [-0.25, -0.2) is 9.48 Å². The number of para-hydroxylation sites is 1. The van der Waals surface area contributed by atoms with E-state index in [2.05, 4.69) is 5.10 Å². The maximum absolute atomic E-state index is 12.6. The highest BCUT2D eigenvalue weighted by molar-refractivity contribution is 6.33. The molecule has 0 fully saturated rings. The molecule has 2 heterocycles. The molecule has 0 N–H and O–H groups in total. The van der Waals surface area contributed by atoms with Crippen LogP contribution in [0.1, 0.15) is 16.1 Å². The molecular formula is C18H13ClN2O4. The molecule has 0 radical (unpaired) electrons. The van der Waals surface area contributed by atoms with Gasteiger partial charge in [0.25, 0.3) is 0 Å². The highest BCUT2D eigenvalue weighted by Gasteiger charge is 2.24. The molecule has 0 bridgehead atoms. The van der Waals surface area contributed by atoms with Crippen molar-refractivity contribution in [2.24, 2.45) is 0 Å². The number of rotatable bonds is 3. The zero-order valence-electron chi connectivity index (χ0n) is 13.2. The van der Waals surface area contributed by atoms with Crippen LogP contribution in [0.4, 0.5) is 0 Å². The van der Waals surface area contributed by atoms with Crippen molar-refractivity contribution in [3.63, 3.8) is 0 Å². The molecule has 4 rings (SSSR count). The second-order valence-corrected chi connectivity index (χ2v) is 5.76. The van der Waals surface area contributed by atoms with E-state index in [1.165, 1.54) is 4.68 Å². The zero-order valence-corrected chi connectivity index (χ0v) is 14.0. The Hall–Kier alpha value is -2.99. The molecule has 0 unspecified atom stereocenters. The average Bonchev–Trinajstić information content (AvgIpc) is 3.19. The smallest absolute Gasteiger partial charge is 0.348 e. The summed E-state index contributed by atoms with van der Waals surface area (Å²) >= 11 is 6.37. The fourth-order valence-corrected chi connectivity index (χ4v) is 2.92. The van der Waals surface area contributed by atoms with E-state index in [9.17, 15) is 4.79 Å². The van der Waals surface area contributed by atoms with Crippen molar-refractivity contribution in [1.29, 1.82) is 0 Å². The number of hydrogen-bond acceptors (Lipinski definition) is 5. The summed E-state index contributed by atoms with van der Waals surface area (Å²) < 4.78 is 17.4. The van der Waals surface area contributed by atoms with Crippen molar-refractivity contribution in [1.82, 2.24) is 9.78 Å². The van der Waals surface area contributed by atoms with Gasteiger partial charge in [0.05, 0.1) is 11.4 Å². The maximum Gasteiger partial charge on any atom is 0.348 e. The number of esters is 1. The van der Waals surface area contributed by atoms with Crippen molar-refractivity contribution in [2.75, 3.05) is 6.79 Å². The Labute approximate surface area is 148 Å². The van der Waals surface area contributed by atoms with Gasteiger partial charge in [-0.2, -0.15) is 5.10 Å². The number of aryl methyl sites for hydroxylation is 1. The molecule has 3 aromatic rings. The van der Waals surface area contributed by atoms with E-state index in [-0.39, 0.29) is 17.5 Å². The number of nitrogens with zero attached hydrogens (tertiary/aromatic N) is 2. The summed E-state index contributed by atoms with van der Waals surface area (Å²) in [6, 6.07) is 14.3. The van der Waals surface area contributed by atoms with Crippen molar-refractivity contribution in [3.8, 4) is 22.9 Å². The molecule has 0 saturated carbocycles. The fourth-order valence-electron chi connectivity index (χ4n) is 2.57. The predicted octanol–water partition coefficient (Wildman–Crippen LogP) is 3.78. The number of hydrogen-bond donors (Lipinski definition) is 0. The number of benzene rings is 2. The van der Waals surface area contributed by atoms with Gasteiger partial charge < -0.3 is 14.2 Å². The largest absolute Gasteiger partial charge is 0.454 e. The molecule has 126 valence electrons. The number of ether oxygens (including phenoxy) is 3. The molecule has 0 saturated heterocycles. The monoisotopic (exact) mass is 356 g/mol.